The fraction of sp³-hybridized carbons (Fsp3) is 0.455. The molecule has 1 saturated heterocycles. The van der Waals surface area contributed by atoms with E-state index in [0.29, 0.717) is 5.92 Å². The molecule has 0 N–H and O–H groups in total. The van der Waals surface area contributed by atoms with Crippen LogP contribution >= 0.6 is 0 Å². The Morgan fingerprint density at radius 2 is 1.86 bits per heavy atom. The summed E-state index contributed by atoms with van der Waals surface area (Å²) in [4.78, 5) is 2.10. The Hall–Kier alpha value is -1.09. The van der Waals surface area contributed by atoms with E-state index >= 15 is 0 Å². The molecule has 3 heteroatoms. The summed E-state index contributed by atoms with van der Waals surface area (Å²) in [5.41, 5.74) is 1.28. The Labute approximate surface area is 84.6 Å². The minimum absolute atomic E-state index is 0.606. The van der Waals surface area contributed by atoms with Crippen LogP contribution in [0.15, 0.2) is 24.5 Å². The van der Waals surface area contributed by atoms with Gasteiger partial charge in [0.25, 0.3) is 0 Å². The third kappa shape index (κ3) is 2.04. The molecular weight excluding hydrogens is 176 g/mol. The summed E-state index contributed by atoms with van der Waals surface area (Å²) in [5, 5.41) is 10.9. The Bertz CT molecular complexity index is 289. The molecule has 0 atom stereocenters. The van der Waals surface area contributed by atoms with Gasteiger partial charge in [-0.1, -0.05) is 0 Å². The molecule has 3 nitrogen and oxygen atoms in total. The van der Waals surface area contributed by atoms with Crippen molar-refractivity contribution in [3.05, 3.63) is 42.3 Å². The lowest BCUT2D eigenvalue weighted by molar-refractivity contribution is -0.605. The molecule has 0 bridgehead atoms. The van der Waals surface area contributed by atoms with Gasteiger partial charge in [-0.2, -0.15) is 4.73 Å². The van der Waals surface area contributed by atoms with Crippen LogP contribution in [0.2, 0.25) is 0 Å². The van der Waals surface area contributed by atoms with Crippen molar-refractivity contribution in [2.45, 2.75) is 18.8 Å². The number of nitrogens with zero attached hydrogens (tertiary/aromatic N) is 2. The average molecular weight is 191 g/mol. The standard InChI is InChI=1S/C11H15N2O/c1-12-6-2-10(3-7-12)11-4-8-13(14)9-5-11/h4-5,8-10H,1-3,6-7H2/q-1. The molecule has 0 amide bonds. The quantitative estimate of drug-likeness (QED) is 0.380. The van der Waals surface area contributed by atoms with E-state index in [-0.39, 0.29) is 0 Å². The summed E-state index contributed by atoms with van der Waals surface area (Å²) in [5.74, 6) is 0.606. The molecule has 1 aromatic heterocycles. The van der Waals surface area contributed by atoms with Gasteiger partial charge in [0.05, 0.1) is 0 Å². The summed E-state index contributed by atoms with van der Waals surface area (Å²) in [6, 6.07) is 3.85. The maximum atomic E-state index is 10.9. The van der Waals surface area contributed by atoms with E-state index in [4.69, 9.17) is 0 Å². The van der Waals surface area contributed by atoms with Gasteiger partial charge in [0.1, 0.15) is 0 Å². The van der Waals surface area contributed by atoms with Crippen LogP contribution in [-0.2, 0) is 0 Å². The van der Waals surface area contributed by atoms with Gasteiger partial charge in [0.15, 0.2) is 12.4 Å². The molecule has 0 saturated carbocycles. The van der Waals surface area contributed by atoms with Crippen LogP contribution in [0, 0.1) is 12.3 Å². The zero-order valence-electron chi connectivity index (χ0n) is 8.22. The van der Waals surface area contributed by atoms with E-state index in [1.54, 1.807) is 12.4 Å². The maximum absolute atomic E-state index is 10.9. The lowest BCUT2D eigenvalue weighted by atomic mass is 9.90. The maximum Gasteiger partial charge on any atom is 0.180 e. The van der Waals surface area contributed by atoms with Crippen molar-refractivity contribution in [3.8, 4) is 0 Å². The Balaban J connectivity index is 2.05. The minimum Gasteiger partial charge on any atom is -0.619 e. The predicted octanol–water partition coefficient (Wildman–Crippen LogP) is 1.29. The van der Waals surface area contributed by atoms with E-state index in [0.717, 1.165) is 30.7 Å². The number of likely N-dealkylation sites (tertiary alicyclic amines) is 1. The summed E-state index contributed by atoms with van der Waals surface area (Å²) in [6.45, 7) is 2.11. The molecule has 1 aliphatic heterocycles. The number of pyridine rings is 1. The van der Waals surface area contributed by atoms with Gasteiger partial charge >= 0.3 is 0 Å². The van der Waals surface area contributed by atoms with Gasteiger partial charge in [-0.25, -0.2) is 0 Å². The van der Waals surface area contributed by atoms with Crippen molar-refractivity contribution in [3.63, 3.8) is 0 Å². The Morgan fingerprint density at radius 3 is 2.43 bits per heavy atom. The first-order valence-corrected chi connectivity index (χ1v) is 5.00. The van der Waals surface area contributed by atoms with Gasteiger partial charge in [-0.3, -0.25) is 7.05 Å². The molecular formula is C11H15N2O-. The first-order valence-electron chi connectivity index (χ1n) is 5.00. The number of piperidine rings is 1. The van der Waals surface area contributed by atoms with Gasteiger partial charge < -0.3 is 10.1 Å². The van der Waals surface area contributed by atoms with Crippen LogP contribution in [0.25, 0.3) is 0 Å². The lowest BCUT2D eigenvalue weighted by Gasteiger charge is -2.34. The number of hydrogen-bond donors (Lipinski definition) is 0. The molecule has 1 aliphatic rings. The normalized spacial score (nSPS) is 19.8. The highest BCUT2D eigenvalue weighted by Crippen LogP contribution is 2.26. The van der Waals surface area contributed by atoms with E-state index in [1.807, 2.05) is 12.1 Å². The Morgan fingerprint density at radius 1 is 1.29 bits per heavy atom. The highest BCUT2D eigenvalue weighted by atomic mass is 16.5. The molecule has 1 fully saturated rings. The van der Waals surface area contributed by atoms with Crippen LogP contribution in [0.5, 0.6) is 0 Å². The van der Waals surface area contributed by atoms with Gasteiger partial charge in [0, 0.05) is 12.1 Å². The van der Waals surface area contributed by atoms with E-state index in [2.05, 4.69) is 11.9 Å². The number of rotatable bonds is 1. The molecule has 76 valence electrons. The second kappa shape index (κ2) is 3.96. The molecule has 14 heavy (non-hydrogen) atoms. The van der Waals surface area contributed by atoms with E-state index in [9.17, 15) is 5.21 Å². The van der Waals surface area contributed by atoms with Crippen LogP contribution in [0.1, 0.15) is 24.3 Å². The summed E-state index contributed by atoms with van der Waals surface area (Å²) < 4.78 is 0.833. The fourth-order valence-corrected chi connectivity index (χ4v) is 1.96. The SMILES string of the molecule is [CH2-]N1CCC(c2cc[n+]([O-])cc2)CC1. The average Bonchev–Trinajstić information content (AvgIpc) is 2.21. The third-order valence-electron chi connectivity index (χ3n) is 2.89. The van der Waals surface area contributed by atoms with Gasteiger partial charge in [-0.15, -0.1) is 0 Å². The molecule has 0 aromatic carbocycles. The summed E-state index contributed by atoms with van der Waals surface area (Å²) >= 11 is 0. The lowest BCUT2D eigenvalue weighted by Crippen LogP contribution is -2.28. The summed E-state index contributed by atoms with van der Waals surface area (Å²) in [7, 11) is 3.92. The third-order valence-corrected chi connectivity index (χ3v) is 2.89. The first kappa shape index (κ1) is 9.46. The fourth-order valence-electron chi connectivity index (χ4n) is 1.96. The van der Waals surface area contributed by atoms with Gasteiger partial charge in [0.2, 0.25) is 0 Å². The number of hydrogen-bond acceptors (Lipinski definition) is 2. The number of aromatic nitrogens is 1. The minimum atomic E-state index is 0.606. The molecule has 1 aromatic rings. The molecule has 0 radical (unpaired) electrons. The predicted molar refractivity (Wildman–Crippen MR) is 54.3 cm³/mol. The summed E-state index contributed by atoms with van der Waals surface area (Å²) in [6.07, 6.45) is 5.44. The van der Waals surface area contributed by atoms with Gasteiger partial charge in [-0.05, 0) is 37.4 Å². The molecule has 0 unspecified atom stereocenters. The van der Waals surface area contributed by atoms with E-state index < -0.39 is 0 Å². The highest BCUT2D eigenvalue weighted by molar-refractivity contribution is 5.14. The van der Waals surface area contributed by atoms with Crippen LogP contribution < -0.4 is 4.73 Å². The zero-order chi connectivity index (χ0) is 9.97. The highest BCUT2D eigenvalue weighted by Gasteiger charge is 2.16. The molecule has 0 aliphatic carbocycles. The van der Waals surface area contributed by atoms with Crippen molar-refractivity contribution < 1.29 is 4.73 Å². The topological polar surface area (TPSA) is 30.2 Å². The smallest absolute Gasteiger partial charge is 0.180 e. The second-order valence-electron chi connectivity index (χ2n) is 3.88. The monoisotopic (exact) mass is 191 g/mol. The van der Waals surface area contributed by atoms with E-state index in [1.165, 1.54) is 5.56 Å². The molecule has 2 heterocycles. The van der Waals surface area contributed by atoms with Crippen molar-refractivity contribution >= 4 is 0 Å². The van der Waals surface area contributed by atoms with Crippen molar-refractivity contribution in [1.29, 1.82) is 0 Å². The van der Waals surface area contributed by atoms with Crippen LogP contribution in [0.3, 0.4) is 0 Å². The first-order chi connectivity index (χ1) is 6.75. The Kier molecular flexibility index (Phi) is 2.68. The second-order valence-corrected chi connectivity index (χ2v) is 3.88. The zero-order valence-corrected chi connectivity index (χ0v) is 8.22. The molecule has 2 rings (SSSR count). The molecule has 0 spiro atoms. The van der Waals surface area contributed by atoms with Crippen molar-refractivity contribution in [2.75, 3.05) is 13.1 Å². The van der Waals surface area contributed by atoms with Crippen LogP contribution in [0.4, 0.5) is 0 Å². The van der Waals surface area contributed by atoms with Crippen molar-refractivity contribution in [2.24, 2.45) is 0 Å². The largest absolute Gasteiger partial charge is 0.619 e. The van der Waals surface area contributed by atoms with Crippen molar-refractivity contribution in [1.82, 2.24) is 4.90 Å². The van der Waals surface area contributed by atoms with Crippen LogP contribution in [-0.4, -0.2) is 18.0 Å².